The van der Waals surface area contributed by atoms with Crippen LogP contribution in [-0.2, 0) is 9.22 Å². The van der Waals surface area contributed by atoms with Gasteiger partial charge in [0.2, 0.25) is 0 Å². The summed E-state index contributed by atoms with van der Waals surface area (Å²) >= 11 is 1.63. The Morgan fingerprint density at radius 3 is 2.21 bits per heavy atom. The maximum Gasteiger partial charge on any atom is 0.192 e. The van der Waals surface area contributed by atoms with Crippen LogP contribution in [0, 0.1) is 5.41 Å². The van der Waals surface area contributed by atoms with Crippen molar-refractivity contribution in [2.24, 2.45) is 5.41 Å². The molecule has 1 unspecified atom stereocenters. The summed E-state index contributed by atoms with van der Waals surface area (Å²) in [6.07, 6.45) is 7.77. The molecule has 1 aromatic carbocycles. The lowest BCUT2D eigenvalue weighted by molar-refractivity contribution is -0.111. The second kappa shape index (κ2) is 11.9. The van der Waals surface area contributed by atoms with Crippen LogP contribution >= 0.6 is 11.8 Å². The molecule has 0 saturated carbocycles. The second-order valence-electron chi connectivity index (χ2n) is 12.1. The molecule has 0 heterocycles. The molecule has 0 bridgehead atoms. The summed E-state index contributed by atoms with van der Waals surface area (Å²) in [5.41, 5.74) is -0.0417. The number of carbonyl (C=O) groups excluding carboxylic acids is 1. The fraction of sp³-hybridized carbons (Fsp3) is 0.607. The third-order valence-corrected chi connectivity index (χ3v) is 14.9. The number of carbonyl (C=O) groups is 1. The minimum absolute atomic E-state index is 0.0417. The molecule has 1 N–H and O–H groups in total. The molecule has 190 valence electrons. The Bertz CT molecular complexity index is 882. The summed E-state index contributed by atoms with van der Waals surface area (Å²) in [6.45, 7) is 23.2. The fourth-order valence-corrected chi connectivity index (χ4v) is 7.61. The molecular formula is C28H47NO2SSi2. The van der Waals surface area contributed by atoms with Crippen molar-refractivity contribution in [2.75, 3.05) is 19.7 Å². The predicted octanol–water partition coefficient (Wildman–Crippen LogP) is 7.84. The van der Waals surface area contributed by atoms with Gasteiger partial charge in [0.25, 0.3) is 0 Å². The van der Waals surface area contributed by atoms with E-state index in [4.69, 9.17) is 4.43 Å². The topological polar surface area (TPSA) is 38.3 Å². The van der Waals surface area contributed by atoms with E-state index in [9.17, 15) is 4.79 Å². The lowest BCUT2D eigenvalue weighted by Crippen LogP contribution is -2.42. The van der Waals surface area contributed by atoms with Gasteiger partial charge in [-0.3, -0.25) is 4.79 Å². The highest BCUT2D eigenvalue weighted by Gasteiger charge is 2.38. The van der Waals surface area contributed by atoms with Gasteiger partial charge < -0.3 is 9.74 Å². The van der Waals surface area contributed by atoms with Crippen molar-refractivity contribution in [3.05, 3.63) is 52.6 Å². The molecule has 1 aromatic rings. The Morgan fingerprint density at radius 2 is 1.65 bits per heavy atom. The SMILES string of the molecule is CCC1(CCCNCCO[Si](C)(C)C(C)(C)C)C=C(Sc2ccccc2)C(=O)C([Si](C)(C)C)=C1. The smallest absolute Gasteiger partial charge is 0.192 e. The molecule has 0 spiro atoms. The van der Waals surface area contributed by atoms with Crippen LogP contribution in [0.1, 0.15) is 47.0 Å². The minimum atomic E-state index is -1.75. The summed E-state index contributed by atoms with van der Waals surface area (Å²) < 4.78 is 6.29. The monoisotopic (exact) mass is 517 g/mol. The van der Waals surface area contributed by atoms with Crippen molar-refractivity contribution in [1.29, 1.82) is 0 Å². The number of nitrogens with one attached hydrogen (secondary N) is 1. The van der Waals surface area contributed by atoms with Gasteiger partial charge in [0, 0.05) is 23.5 Å². The third kappa shape index (κ3) is 8.05. The normalized spacial score (nSPS) is 19.7. The molecule has 0 aromatic heterocycles. The summed E-state index contributed by atoms with van der Waals surface area (Å²) in [7, 11) is -3.43. The first-order chi connectivity index (χ1) is 15.7. The fourth-order valence-electron chi connectivity index (χ4n) is 3.89. The number of thioether (sulfide) groups is 1. The zero-order valence-electron chi connectivity index (χ0n) is 23.0. The van der Waals surface area contributed by atoms with Crippen molar-refractivity contribution in [2.45, 2.75) is 89.6 Å². The lowest BCUT2D eigenvalue weighted by atomic mass is 9.77. The maximum atomic E-state index is 13.4. The van der Waals surface area contributed by atoms with Crippen LogP contribution in [0.5, 0.6) is 0 Å². The lowest BCUT2D eigenvalue weighted by Gasteiger charge is -2.36. The molecule has 3 nitrogen and oxygen atoms in total. The number of Topliss-reactive ketones (excluding diaryl/α,β-unsaturated/α-hetero) is 1. The standard InChI is InChI=1S/C28H47NO2SSi2/c1-10-28(17-14-18-29-19-20-31-34(8,9)27(2,3)4)21-24(32-23-15-12-11-13-16-23)26(30)25(22-28)33(5,6)7/h11-13,15-16,21-22,29H,10,14,17-20H2,1-9H3. The first-order valence-corrected chi connectivity index (χ1v) is 20.0. The summed E-state index contributed by atoms with van der Waals surface area (Å²) in [5.74, 6) is 0.248. The van der Waals surface area contributed by atoms with Gasteiger partial charge in [0.05, 0.1) is 13.0 Å². The van der Waals surface area contributed by atoms with Crippen molar-refractivity contribution >= 4 is 33.9 Å². The molecule has 1 aliphatic rings. The van der Waals surface area contributed by atoms with Gasteiger partial charge in [0.15, 0.2) is 14.1 Å². The van der Waals surface area contributed by atoms with E-state index in [-0.39, 0.29) is 16.2 Å². The van der Waals surface area contributed by atoms with E-state index in [1.807, 2.05) is 18.2 Å². The van der Waals surface area contributed by atoms with Crippen LogP contribution in [0.15, 0.2) is 57.5 Å². The van der Waals surface area contributed by atoms with E-state index < -0.39 is 16.4 Å². The first-order valence-electron chi connectivity index (χ1n) is 12.8. The summed E-state index contributed by atoms with van der Waals surface area (Å²) in [6, 6.07) is 10.3. The first kappa shape index (κ1) is 29.3. The van der Waals surface area contributed by atoms with E-state index in [2.05, 4.69) is 90.0 Å². The second-order valence-corrected chi connectivity index (χ2v) is 23.1. The molecule has 1 atom stereocenters. The Hall–Kier alpha value is -0.926. The number of benzene rings is 1. The number of rotatable bonds is 12. The van der Waals surface area contributed by atoms with Crippen molar-refractivity contribution in [1.82, 2.24) is 5.32 Å². The van der Waals surface area contributed by atoms with E-state index in [0.717, 1.165) is 54.0 Å². The molecule has 6 heteroatoms. The Balaban J connectivity index is 2.03. The van der Waals surface area contributed by atoms with Gasteiger partial charge in [-0.25, -0.2) is 0 Å². The Labute approximate surface area is 215 Å². The van der Waals surface area contributed by atoms with Crippen LogP contribution in [0.2, 0.25) is 37.8 Å². The van der Waals surface area contributed by atoms with Crippen LogP contribution in [0.4, 0.5) is 0 Å². The Morgan fingerprint density at radius 1 is 1.00 bits per heavy atom. The van der Waals surface area contributed by atoms with Gasteiger partial charge >= 0.3 is 0 Å². The summed E-state index contributed by atoms with van der Waals surface area (Å²) in [4.78, 5) is 15.5. The molecule has 0 saturated heterocycles. The quantitative estimate of drug-likeness (QED) is 0.226. The number of allylic oxidation sites excluding steroid dienone is 4. The van der Waals surface area contributed by atoms with Crippen LogP contribution in [0.3, 0.4) is 0 Å². The molecule has 34 heavy (non-hydrogen) atoms. The van der Waals surface area contributed by atoms with E-state index in [0.29, 0.717) is 0 Å². The summed E-state index contributed by atoms with van der Waals surface area (Å²) in [5, 5.41) is 4.92. The van der Waals surface area contributed by atoms with Gasteiger partial charge in [-0.05, 0) is 61.3 Å². The van der Waals surface area contributed by atoms with Gasteiger partial charge in [-0.15, -0.1) is 0 Å². The molecule has 0 radical (unpaired) electrons. The van der Waals surface area contributed by atoms with Gasteiger partial charge in [0.1, 0.15) is 0 Å². The average Bonchev–Trinajstić information content (AvgIpc) is 2.74. The van der Waals surface area contributed by atoms with Crippen molar-refractivity contribution in [3.63, 3.8) is 0 Å². The van der Waals surface area contributed by atoms with Crippen molar-refractivity contribution < 1.29 is 9.22 Å². The molecule has 0 aliphatic heterocycles. The highest BCUT2D eigenvalue weighted by Crippen LogP contribution is 2.44. The van der Waals surface area contributed by atoms with Crippen LogP contribution < -0.4 is 5.32 Å². The van der Waals surface area contributed by atoms with Gasteiger partial charge in [-0.2, -0.15) is 0 Å². The van der Waals surface area contributed by atoms with Crippen LogP contribution in [-0.4, -0.2) is 41.9 Å². The number of hydrogen-bond donors (Lipinski definition) is 1. The number of hydrogen-bond acceptors (Lipinski definition) is 4. The third-order valence-electron chi connectivity index (χ3n) is 7.30. The molecule has 2 rings (SSSR count). The molecule has 0 fully saturated rings. The highest BCUT2D eigenvalue weighted by molar-refractivity contribution is 8.04. The minimum Gasteiger partial charge on any atom is -0.416 e. The zero-order valence-corrected chi connectivity index (χ0v) is 25.8. The molecule has 1 aliphatic carbocycles. The number of ketones is 1. The van der Waals surface area contributed by atoms with Crippen LogP contribution in [0.25, 0.3) is 0 Å². The zero-order chi connectivity index (χ0) is 25.6. The van der Waals surface area contributed by atoms with Crippen molar-refractivity contribution in [3.8, 4) is 0 Å². The predicted molar refractivity (Wildman–Crippen MR) is 155 cm³/mol. The molecule has 0 amide bonds. The maximum absolute atomic E-state index is 13.4. The largest absolute Gasteiger partial charge is 0.416 e. The highest BCUT2D eigenvalue weighted by atomic mass is 32.2. The van der Waals surface area contributed by atoms with E-state index >= 15 is 0 Å². The van der Waals surface area contributed by atoms with E-state index in [1.54, 1.807) is 11.8 Å². The van der Waals surface area contributed by atoms with E-state index in [1.165, 1.54) is 0 Å². The average molecular weight is 518 g/mol. The molecular weight excluding hydrogens is 471 g/mol. The van der Waals surface area contributed by atoms with Gasteiger partial charge in [-0.1, -0.05) is 89.4 Å². The Kier molecular flexibility index (Phi) is 10.2.